The first-order chi connectivity index (χ1) is 18.6. The van der Waals surface area contributed by atoms with Gasteiger partial charge in [0.1, 0.15) is 5.82 Å². The molecule has 214 valence electrons. The van der Waals surface area contributed by atoms with Crippen molar-refractivity contribution in [3.05, 3.63) is 77.3 Å². The van der Waals surface area contributed by atoms with Crippen molar-refractivity contribution in [1.29, 1.82) is 0 Å². The van der Waals surface area contributed by atoms with Crippen LogP contribution in [0.2, 0.25) is 0 Å². The maximum atomic E-state index is 14.7. The quantitative estimate of drug-likeness (QED) is 0.178. The first-order valence-electron chi connectivity index (χ1n) is 14.2. The van der Waals surface area contributed by atoms with Crippen LogP contribution in [-0.2, 0) is 4.79 Å². The van der Waals surface area contributed by atoms with Gasteiger partial charge in [-0.2, -0.15) is 0 Å². The highest BCUT2D eigenvalue weighted by Crippen LogP contribution is 2.42. The van der Waals surface area contributed by atoms with Crippen molar-refractivity contribution in [1.82, 2.24) is 5.32 Å². The zero-order valence-electron chi connectivity index (χ0n) is 24.8. The van der Waals surface area contributed by atoms with Gasteiger partial charge in [0.2, 0.25) is 5.91 Å². The van der Waals surface area contributed by atoms with Crippen LogP contribution < -0.4 is 10.6 Å². The van der Waals surface area contributed by atoms with E-state index < -0.39 is 0 Å². The molecule has 4 nitrogen and oxygen atoms in total. The predicted octanol–water partition coefficient (Wildman–Crippen LogP) is 8.96. The molecule has 1 amide bonds. The third-order valence-corrected chi connectivity index (χ3v) is 6.72. The highest BCUT2D eigenvalue weighted by molar-refractivity contribution is 5.91. The van der Waals surface area contributed by atoms with Crippen LogP contribution in [0.1, 0.15) is 95.0 Å². The number of halogens is 1. The lowest BCUT2D eigenvalue weighted by molar-refractivity contribution is -0.117. The summed E-state index contributed by atoms with van der Waals surface area (Å²) in [5.41, 5.74) is 3.85. The van der Waals surface area contributed by atoms with E-state index in [2.05, 4.69) is 59.2 Å². The molecule has 0 heterocycles. The van der Waals surface area contributed by atoms with E-state index >= 15 is 0 Å². The molecule has 1 aromatic rings. The molecule has 2 aliphatic rings. The maximum absolute atomic E-state index is 14.7. The van der Waals surface area contributed by atoms with E-state index in [1.165, 1.54) is 24.5 Å². The van der Waals surface area contributed by atoms with Gasteiger partial charge < -0.3 is 10.6 Å². The molecule has 3 rings (SSSR count). The maximum Gasteiger partial charge on any atom is 0.225 e. The number of carbonyl (C=O) groups excluding carboxylic acids is 1. The molecule has 0 bridgehead atoms. The highest BCUT2D eigenvalue weighted by atomic mass is 19.1. The summed E-state index contributed by atoms with van der Waals surface area (Å²) in [6.07, 6.45) is 14.8. The number of rotatable bonds is 10. The Morgan fingerprint density at radius 2 is 2.05 bits per heavy atom. The Labute approximate surface area is 238 Å². The molecule has 2 aliphatic carbocycles. The standard InChI is InChI=1S/C32H40FN3O.C2H6.2H2/c1-7-8-9-10-30(22(2)3)34-21-23(4)35-24(5)28-19-27(13-14-29(28)33)36-31(37)20-32(6)17-15-26(16-18-32)25-11-12-25;1-2;;/h10,13-17,19,21,23-25,35H,2,7,11-12,18,20H2,1,3-6H3,(H,36,37);1-2H3;2*1H/b30-10+,34-21?;;;/t23?,24-,32?;;;/m0.../s1. The highest BCUT2D eigenvalue weighted by Gasteiger charge is 2.31. The SMILES string of the molecule is C=C(C)/C(=C\C#CCC)N=CC(C)N[C@@H](C)c1cc(NC(=O)CC2(C)C=CC(C3CC3)=CC2)ccc1F.CC.[HH].[HH]. The molecule has 1 aromatic carbocycles. The van der Waals surface area contributed by atoms with Gasteiger partial charge in [0, 0.05) is 51.3 Å². The monoisotopic (exact) mass is 535 g/mol. The second-order valence-electron chi connectivity index (χ2n) is 10.6. The lowest BCUT2D eigenvalue weighted by atomic mass is 9.78. The van der Waals surface area contributed by atoms with E-state index in [1.807, 2.05) is 41.5 Å². The zero-order chi connectivity index (χ0) is 29.0. The summed E-state index contributed by atoms with van der Waals surface area (Å²) in [5, 5.41) is 6.33. The number of anilines is 1. The van der Waals surface area contributed by atoms with Crippen LogP contribution in [0, 0.1) is 29.0 Å². The van der Waals surface area contributed by atoms with Crippen molar-refractivity contribution in [2.24, 2.45) is 16.3 Å². The third-order valence-electron chi connectivity index (χ3n) is 6.72. The minimum Gasteiger partial charge on any atom is -0.326 e. The van der Waals surface area contributed by atoms with Gasteiger partial charge in [-0.15, -0.1) is 0 Å². The summed E-state index contributed by atoms with van der Waals surface area (Å²) < 4.78 is 14.7. The number of amides is 1. The number of allylic oxidation sites excluding steroid dienone is 6. The third kappa shape index (κ3) is 10.5. The number of carbonyl (C=O) groups is 1. The Balaban J connectivity index is 0.00000391. The number of nitrogens with one attached hydrogen (secondary N) is 2. The molecule has 1 fully saturated rings. The van der Waals surface area contributed by atoms with E-state index in [0.717, 1.165) is 30.0 Å². The Morgan fingerprint density at radius 3 is 2.64 bits per heavy atom. The van der Waals surface area contributed by atoms with E-state index in [0.29, 0.717) is 17.7 Å². The fourth-order valence-corrected chi connectivity index (χ4v) is 4.37. The second-order valence-corrected chi connectivity index (χ2v) is 10.6. The molecule has 0 aromatic heterocycles. The summed E-state index contributed by atoms with van der Waals surface area (Å²) in [7, 11) is 0. The van der Waals surface area contributed by atoms with Crippen molar-refractivity contribution in [3.8, 4) is 11.8 Å². The van der Waals surface area contributed by atoms with Gasteiger partial charge >= 0.3 is 0 Å². The molecular weight excluding hydrogens is 485 g/mol. The number of nitrogens with zero attached hydrogens (tertiary/aromatic N) is 1. The molecule has 0 spiro atoms. The Kier molecular flexibility index (Phi) is 12.6. The summed E-state index contributed by atoms with van der Waals surface area (Å²) in [6, 6.07) is 4.31. The largest absolute Gasteiger partial charge is 0.326 e. The average molecular weight is 536 g/mol. The lowest BCUT2D eigenvalue weighted by Gasteiger charge is -2.27. The predicted molar refractivity (Wildman–Crippen MR) is 168 cm³/mol. The molecule has 0 radical (unpaired) electrons. The molecular formula is C34H50FN3O. The summed E-state index contributed by atoms with van der Waals surface area (Å²) >= 11 is 0. The van der Waals surface area contributed by atoms with Crippen molar-refractivity contribution in [3.63, 3.8) is 0 Å². The van der Waals surface area contributed by atoms with Crippen molar-refractivity contribution in [2.75, 3.05) is 5.32 Å². The normalized spacial score (nSPS) is 20.2. The Bertz CT molecular complexity index is 1200. The lowest BCUT2D eigenvalue weighted by Crippen LogP contribution is -2.30. The Morgan fingerprint density at radius 1 is 1.33 bits per heavy atom. The van der Waals surface area contributed by atoms with Crippen LogP contribution >= 0.6 is 0 Å². The van der Waals surface area contributed by atoms with E-state index in [4.69, 9.17) is 0 Å². The number of aliphatic imine (C=N–C) groups is 1. The fourth-order valence-electron chi connectivity index (χ4n) is 4.37. The molecule has 0 aliphatic heterocycles. The number of hydrogen-bond acceptors (Lipinski definition) is 3. The first kappa shape index (κ1) is 32.0. The van der Waals surface area contributed by atoms with Crippen LogP contribution in [0.3, 0.4) is 0 Å². The minimum atomic E-state index is -0.320. The molecule has 0 saturated heterocycles. The van der Waals surface area contributed by atoms with Gasteiger partial charge in [-0.05, 0) is 80.7 Å². The number of benzene rings is 1. The van der Waals surface area contributed by atoms with Crippen LogP contribution in [0.25, 0.3) is 0 Å². The summed E-state index contributed by atoms with van der Waals surface area (Å²) in [4.78, 5) is 17.4. The average Bonchev–Trinajstić information content (AvgIpc) is 3.74. The van der Waals surface area contributed by atoms with Gasteiger partial charge in [0.15, 0.2) is 0 Å². The van der Waals surface area contributed by atoms with Crippen LogP contribution in [0.5, 0.6) is 0 Å². The molecule has 2 unspecified atom stereocenters. The Hall–Kier alpha value is -3.23. The van der Waals surface area contributed by atoms with Gasteiger partial charge in [0.25, 0.3) is 0 Å². The summed E-state index contributed by atoms with van der Waals surface area (Å²) in [6.45, 7) is 17.8. The smallest absolute Gasteiger partial charge is 0.225 e. The van der Waals surface area contributed by atoms with Gasteiger partial charge in [-0.1, -0.05) is 64.3 Å². The van der Waals surface area contributed by atoms with Crippen LogP contribution in [0.4, 0.5) is 10.1 Å². The molecule has 1 saturated carbocycles. The number of hydrogen-bond donors (Lipinski definition) is 2. The van der Waals surface area contributed by atoms with Gasteiger partial charge in [-0.3, -0.25) is 9.79 Å². The van der Waals surface area contributed by atoms with Crippen LogP contribution in [-0.4, -0.2) is 18.2 Å². The van der Waals surface area contributed by atoms with Gasteiger partial charge in [-0.25, -0.2) is 4.39 Å². The molecule has 3 atom stereocenters. The van der Waals surface area contributed by atoms with E-state index in [9.17, 15) is 9.18 Å². The second kappa shape index (κ2) is 15.4. The minimum absolute atomic E-state index is 0. The van der Waals surface area contributed by atoms with Crippen molar-refractivity contribution >= 4 is 17.8 Å². The van der Waals surface area contributed by atoms with E-state index in [1.54, 1.807) is 24.4 Å². The molecule has 39 heavy (non-hydrogen) atoms. The zero-order valence-corrected chi connectivity index (χ0v) is 24.8. The molecule has 2 N–H and O–H groups in total. The van der Waals surface area contributed by atoms with Crippen molar-refractivity contribution < 1.29 is 12.0 Å². The topological polar surface area (TPSA) is 53.5 Å². The first-order valence-corrected chi connectivity index (χ1v) is 14.2. The molecule has 5 heteroatoms. The summed E-state index contributed by atoms with van der Waals surface area (Å²) in [5.74, 6) is 6.31. The van der Waals surface area contributed by atoms with Gasteiger partial charge in [0.05, 0.1) is 5.70 Å². The fraction of sp³-hybridized carbons (Fsp3) is 0.471. The van der Waals surface area contributed by atoms with Crippen molar-refractivity contribution in [2.45, 2.75) is 92.7 Å². The van der Waals surface area contributed by atoms with Crippen LogP contribution in [0.15, 0.2) is 70.9 Å². The van der Waals surface area contributed by atoms with E-state index in [-0.39, 0.29) is 32.1 Å².